The fourth-order valence-electron chi connectivity index (χ4n) is 4.59. The molecular weight excluding hydrogens is 312 g/mol. The summed E-state index contributed by atoms with van der Waals surface area (Å²) in [5.74, 6) is 1.38. The number of rotatable bonds is 4. The van der Waals surface area contributed by atoms with Gasteiger partial charge in [0.15, 0.2) is 0 Å². The highest BCUT2D eigenvalue weighted by molar-refractivity contribution is 5.20. The van der Waals surface area contributed by atoms with Crippen LogP contribution >= 0.6 is 0 Å². The van der Waals surface area contributed by atoms with Gasteiger partial charge >= 0.3 is 0 Å². The van der Waals surface area contributed by atoms with E-state index in [2.05, 4.69) is 26.8 Å². The van der Waals surface area contributed by atoms with E-state index in [1.165, 1.54) is 6.42 Å². The van der Waals surface area contributed by atoms with Crippen LogP contribution in [0.1, 0.15) is 43.3 Å². The molecule has 4 rings (SSSR count). The van der Waals surface area contributed by atoms with Crippen molar-refractivity contribution in [1.29, 1.82) is 0 Å². The average Bonchev–Trinajstić information content (AvgIpc) is 2.64. The summed E-state index contributed by atoms with van der Waals surface area (Å²) < 4.78 is 0. The van der Waals surface area contributed by atoms with Gasteiger partial charge in [0.2, 0.25) is 0 Å². The zero-order chi connectivity index (χ0) is 17.3. The van der Waals surface area contributed by atoms with Crippen molar-refractivity contribution in [2.75, 3.05) is 13.1 Å². The minimum Gasteiger partial charge on any atom is -0.383 e. The largest absolute Gasteiger partial charge is 0.383 e. The number of aliphatic hydroxyl groups is 1. The molecule has 1 N–H and O–H groups in total. The third kappa shape index (κ3) is 3.07. The summed E-state index contributed by atoms with van der Waals surface area (Å²) in [4.78, 5) is 15.8. The van der Waals surface area contributed by atoms with Gasteiger partial charge in [-0.05, 0) is 25.0 Å². The lowest BCUT2D eigenvalue weighted by Gasteiger charge is -2.52. The van der Waals surface area contributed by atoms with E-state index in [0.29, 0.717) is 0 Å². The minimum absolute atomic E-state index is 0.241. The van der Waals surface area contributed by atoms with Crippen LogP contribution in [-0.2, 0) is 18.6 Å². The van der Waals surface area contributed by atoms with E-state index >= 15 is 0 Å². The molecule has 2 fully saturated rings. The van der Waals surface area contributed by atoms with Gasteiger partial charge in [-0.15, -0.1) is 0 Å². The smallest absolute Gasteiger partial charge is 0.127 e. The molecule has 2 aliphatic rings. The molecule has 1 aliphatic heterocycles. The number of fused-ring (bicyclic) bond motifs is 2. The Labute approximate surface area is 149 Å². The summed E-state index contributed by atoms with van der Waals surface area (Å²) >= 11 is 0. The lowest BCUT2D eigenvalue weighted by Crippen LogP contribution is -2.58. The molecule has 0 radical (unpaired) electrons. The van der Waals surface area contributed by atoms with Gasteiger partial charge in [0.1, 0.15) is 11.4 Å². The zero-order valence-electron chi connectivity index (χ0n) is 14.8. The molecule has 2 aromatic rings. The summed E-state index contributed by atoms with van der Waals surface area (Å²) in [5.41, 5.74) is 1.22. The SMILES string of the molecule is CCc1ncc(CN2C[C@@H]3CCC[C@@H](C2)C3(O)c2ccccn2)cn1. The van der Waals surface area contributed by atoms with Crippen LogP contribution in [0.15, 0.2) is 36.8 Å². The maximum atomic E-state index is 11.6. The van der Waals surface area contributed by atoms with Crippen LogP contribution in [0, 0.1) is 11.8 Å². The molecule has 1 saturated carbocycles. The van der Waals surface area contributed by atoms with Gasteiger partial charge in [0, 0.05) is 62.0 Å². The quantitative estimate of drug-likeness (QED) is 0.928. The molecule has 5 nitrogen and oxygen atoms in total. The molecular formula is C20H26N4O. The van der Waals surface area contributed by atoms with Gasteiger partial charge in [0.05, 0.1) is 5.69 Å². The summed E-state index contributed by atoms with van der Waals surface area (Å²) in [7, 11) is 0. The van der Waals surface area contributed by atoms with E-state index in [1.807, 2.05) is 30.6 Å². The first-order valence-corrected chi connectivity index (χ1v) is 9.36. The molecule has 0 amide bonds. The maximum absolute atomic E-state index is 11.6. The Hall–Kier alpha value is -1.85. The van der Waals surface area contributed by atoms with E-state index in [1.54, 1.807) is 6.20 Å². The van der Waals surface area contributed by atoms with Crippen LogP contribution in [0.5, 0.6) is 0 Å². The molecule has 25 heavy (non-hydrogen) atoms. The van der Waals surface area contributed by atoms with Gasteiger partial charge < -0.3 is 5.11 Å². The van der Waals surface area contributed by atoms with Gasteiger partial charge in [0.25, 0.3) is 0 Å². The first-order chi connectivity index (χ1) is 12.2. The Bertz CT molecular complexity index is 689. The fraction of sp³-hybridized carbons (Fsp3) is 0.550. The van der Waals surface area contributed by atoms with Crippen LogP contribution in [0.25, 0.3) is 0 Å². The highest BCUT2D eigenvalue weighted by atomic mass is 16.3. The second kappa shape index (κ2) is 6.81. The van der Waals surface area contributed by atoms with Crippen molar-refractivity contribution in [2.45, 2.75) is 44.8 Å². The van der Waals surface area contributed by atoms with Gasteiger partial charge in [-0.25, -0.2) is 9.97 Å². The third-order valence-electron chi connectivity index (χ3n) is 5.86. The number of nitrogens with zero attached hydrogens (tertiary/aromatic N) is 4. The molecule has 1 aliphatic carbocycles. The Morgan fingerprint density at radius 3 is 2.44 bits per heavy atom. The van der Waals surface area contributed by atoms with Gasteiger partial charge in [-0.2, -0.15) is 0 Å². The van der Waals surface area contributed by atoms with Crippen molar-refractivity contribution in [3.05, 3.63) is 53.9 Å². The van der Waals surface area contributed by atoms with Crippen LogP contribution in [0.4, 0.5) is 0 Å². The van der Waals surface area contributed by atoms with E-state index in [-0.39, 0.29) is 11.8 Å². The minimum atomic E-state index is -0.779. The molecule has 5 heteroatoms. The van der Waals surface area contributed by atoms with E-state index in [0.717, 1.165) is 56.0 Å². The van der Waals surface area contributed by atoms with Gasteiger partial charge in [-0.1, -0.05) is 19.4 Å². The highest BCUT2D eigenvalue weighted by Gasteiger charge is 2.52. The molecule has 2 aromatic heterocycles. The van der Waals surface area contributed by atoms with Crippen molar-refractivity contribution in [3.8, 4) is 0 Å². The Balaban J connectivity index is 1.53. The number of hydrogen-bond acceptors (Lipinski definition) is 5. The van der Waals surface area contributed by atoms with Crippen molar-refractivity contribution in [3.63, 3.8) is 0 Å². The molecule has 2 atom stereocenters. The normalized spacial score (nSPS) is 29.5. The second-order valence-electron chi connectivity index (χ2n) is 7.42. The number of hydrogen-bond donors (Lipinski definition) is 1. The van der Waals surface area contributed by atoms with E-state index < -0.39 is 5.60 Å². The summed E-state index contributed by atoms with van der Waals surface area (Å²) in [6.07, 6.45) is 9.87. The topological polar surface area (TPSA) is 62.1 Å². The summed E-state index contributed by atoms with van der Waals surface area (Å²) in [6.45, 7) is 4.73. The molecule has 0 aromatic carbocycles. The summed E-state index contributed by atoms with van der Waals surface area (Å²) in [6, 6.07) is 5.88. The van der Waals surface area contributed by atoms with Crippen LogP contribution in [0.3, 0.4) is 0 Å². The lowest BCUT2D eigenvalue weighted by atomic mass is 9.64. The first kappa shape index (κ1) is 16.6. The summed E-state index contributed by atoms with van der Waals surface area (Å²) in [5, 5.41) is 11.6. The second-order valence-corrected chi connectivity index (χ2v) is 7.42. The Kier molecular flexibility index (Phi) is 4.52. The highest BCUT2D eigenvalue weighted by Crippen LogP contribution is 2.48. The molecule has 0 spiro atoms. The molecule has 2 bridgehead atoms. The predicted molar refractivity (Wildman–Crippen MR) is 95.7 cm³/mol. The molecule has 0 unspecified atom stereocenters. The number of pyridine rings is 1. The fourth-order valence-corrected chi connectivity index (χ4v) is 4.59. The monoisotopic (exact) mass is 338 g/mol. The van der Waals surface area contributed by atoms with Crippen LogP contribution < -0.4 is 0 Å². The van der Waals surface area contributed by atoms with Crippen molar-refractivity contribution in [2.24, 2.45) is 11.8 Å². The number of aromatic nitrogens is 3. The lowest BCUT2D eigenvalue weighted by molar-refractivity contribution is -0.151. The first-order valence-electron chi connectivity index (χ1n) is 9.36. The zero-order valence-corrected chi connectivity index (χ0v) is 14.8. The van der Waals surface area contributed by atoms with Crippen LogP contribution in [0.2, 0.25) is 0 Å². The maximum Gasteiger partial charge on any atom is 0.127 e. The van der Waals surface area contributed by atoms with Crippen molar-refractivity contribution in [1.82, 2.24) is 19.9 Å². The Morgan fingerprint density at radius 1 is 1.12 bits per heavy atom. The number of likely N-dealkylation sites (tertiary alicyclic amines) is 1. The standard InChI is InChI=1S/C20H26N4O/c1-2-19-22-10-15(11-23-19)12-24-13-16-6-5-7-17(14-24)20(16,25)18-8-3-4-9-21-18/h3-4,8-11,16-17,25H,2,5-7,12-14H2,1H3/t16-,17-/m0/s1. The number of aryl methyl sites for hydroxylation is 1. The average molecular weight is 338 g/mol. The van der Waals surface area contributed by atoms with Gasteiger partial charge in [-0.3, -0.25) is 9.88 Å². The van der Waals surface area contributed by atoms with E-state index in [9.17, 15) is 5.11 Å². The Morgan fingerprint density at radius 2 is 1.84 bits per heavy atom. The van der Waals surface area contributed by atoms with Crippen LogP contribution in [-0.4, -0.2) is 38.0 Å². The molecule has 132 valence electrons. The molecule has 3 heterocycles. The predicted octanol–water partition coefficient (Wildman–Crippen LogP) is 2.55. The van der Waals surface area contributed by atoms with Crippen molar-refractivity contribution < 1.29 is 5.11 Å². The van der Waals surface area contributed by atoms with Crippen molar-refractivity contribution >= 4 is 0 Å². The third-order valence-corrected chi connectivity index (χ3v) is 5.86. The van der Waals surface area contributed by atoms with E-state index in [4.69, 9.17) is 0 Å². The number of piperidine rings is 1. The molecule has 1 saturated heterocycles.